The maximum absolute atomic E-state index is 14.3. The molecule has 37 heavy (non-hydrogen) atoms. The van der Waals surface area contributed by atoms with Gasteiger partial charge < -0.3 is 25.3 Å². The summed E-state index contributed by atoms with van der Waals surface area (Å²) in [6.07, 6.45) is 4.51. The van der Waals surface area contributed by atoms with Crippen LogP contribution in [-0.4, -0.2) is 54.8 Å². The molecule has 0 bridgehead atoms. The molecule has 188 valence electrons. The zero-order valence-electron chi connectivity index (χ0n) is 20.4. The van der Waals surface area contributed by atoms with E-state index in [0.717, 1.165) is 40.3 Å². The van der Waals surface area contributed by atoms with E-state index < -0.39 is 6.17 Å². The van der Waals surface area contributed by atoms with E-state index in [4.69, 9.17) is 4.74 Å². The Morgan fingerprint density at radius 2 is 2.00 bits per heavy atom. The van der Waals surface area contributed by atoms with Crippen molar-refractivity contribution < 1.29 is 9.13 Å². The number of alkyl halides is 1. The highest BCUT2D eigenvalue weighted by Gasteiger charge is 2.25. The van der Waals surface area contributed by atoms with Crippen LogP contribution in [0.1, 0.15) is 12.0 Å². The zero-order chi connectivity index (χ0) is 25.4. The first-order valence-electron chi connectivity index (χ1n) is 12.1. The maximum Gasteiger partial charge on any atom is 0.223 e. The van der Waals surface area contributed by atoms with Crippen molar-refractivity contribution in [3.05, 3.63) is 60.8 Å². The van der Waals surface area contributed by atoms with Crippen LogP contribution in [0.15, 0.2) is 55.2 Å². The fraction of sp³-hybridized carbons (Fsp3) is 0.269. The van der Waals surface area contributed by atoms with Gasteiger partial charge in [0.25, 0.3) is 0 Å². The van der Waals surface area contributed by atoms with Crippen LogP contribution in [0, 0.1) is 6.92 Å². The molecule has 0 unspecified atom stereocenters. The Balaban J connectivity index is 1.22. The molecule has 6 rings (SSSR count). The van der Waals surface area contributed by atoms with Gasteiger partial charge in [-0.05, 0) is 55.8 Å². The molecule has 3 N–H and O–H groups in total. The first-order valence-corrected chi connectivity index (χ1v) is 12.1. The monoisotopic (exact) mass is 499 g/mol. The molecule has 5 aromatic rings. The Morgan fingerprint density at radius 1 is 1.08 bits per heavy atom. The fourth-order valence-electron chi connectivity index (χ4n) is 4.45. The summed E-state index contributed by atoms with van der Waals surface area (Å²) in [7, 11) is 1.96. The molecule has 1 aliphatic heterocycles. The largest absolute Gasteiger partial charge is 0.457 e. The van der Waals surface area contributed by atoms with Gasteiger partial charge in [-0.2, -0.15) is 0 Å². The number of hydrogen-bond donors (Lipinski definition) is 3. The van der Waals surface area contributed by atoms with Crippen LogP contribution in [-0.2, 0) is 7.05 Å². The van der Waals surface area contributed by atoms with E-state index in [2.05, 4.69) is 40.9 Å². The van der Waals surface area contributed by atoms with Crippen molar-refractivity contribution in [2.75, 3.05) is 23.7 Å². The fourth-order valence-corrected chi connectivity index (χ4v) is 4.45. The maximum atomic E-state index is 14.3. The summed E-state index contributed by atoms with van der Waals surface area (Å²) in [5.74, 6) is 2.35. The molecular formula is C26H26FN9O. The molecular weight excluding hydrogens is 473 g/mol. The van der Waals surface area contributed by atoms with E-state index in [9.17, 15) is 4.39 Å². The molecule has 10 nitrogen and oxygen atoms in total. The molecule has 0 radical (unpaired) electrons. The number of piperidine rings is 1. The third-order valence-corrected chi connectivity index (χ3v) is 6.46. The predicted octanol–water partition coefficient (Wildman–Crippen LogP) is 4.26. The highest BCUT2D eigenvalue weighted by molar-refractivity contribution is 5.87. The second-order valence-corrected chi connectivity index (χ2v) is 9.12. The van der Waals surface area contributed by atoms with Gasteiger partial charge in [-0.3, -0.25) is 0 Å². The third kappa shape index (κ3) is 4.73. The first-order chi connectivity index (χ1) is 18.0. The Morgan fingerprint density at radius 3 is 2.86 bits per heavy atom. The van der Waals surface area contributed by atoms with Crippen LogP contribution < -0.4 is 20.7 Å². The summed E-state index contributed by atoms with van der Waals surface area (Å²) in [5.41, 5.74) is 4.83. The minimum absolute atomic E-state index is 0.317. The number of hydrogen-bond acceptors (Lipinski definition) is 9. The summed E-state index contributed by atoms with van der Waals surface area (Å²) in [4.78, 5) is 22.0. The average molecular weight is 500 g/mol. The van der Waals surface area contributed by atoms with E-state index in [0.29, 0.717) is 35.8 Å². The Bertz CT molecular complexity index is 1590. The lowest BCUT2D eigenvalue weighted by Gasteiger charge is -2.27. The number of aromatic nitrogens is 6. The van der Waals surface area contributed by atoms with Crippen LogP contribution in [0.2, 0.25) is 0 Å². The van der Waals surface area contributed by atoms with Crippen LogP contribution >= 0.6 is 0 Å². The summed E-state index contributed by atoms with van der Waals surface area (Å²) in [6, 6.07) is 11.3. The number of anilines is 3. The Labute approximate surface area is 212 Å². The van der Waals surface area contributed by atoms with Crippen molar-refractivity contribution in [1.29, 1.82) is 0 Å². The van der Waals surface area contributed by atoms with Crippen molar-refractivity contribution in [2.24, 2.45) is 7.05 Å². The summed E-state index contributed by atoms with van der Waals surface area (Å²) in [5, 5.41) is 9.49. The lowest BCUT2D eigenvalue weighted by molar-refractivity contribution is 0.244. The van der Waals surface area contributed by atoms with Crippen LogP contribution in [0.3, 0.4) is 0 Å². The molecule has 1 aliphatic rings. The van der Waals surface area contributed by atoms with Crippen molar-refractivity contribution in [3.63, 3.8) is 0 Å². The number of aryl methyl sites for hydroxylation is 2. The van der Waals surface area contributed by atoms with E-state index in [1.54, 1.807) is 12.5 Å². The van der Waals surface area contributed by atoms with E-state index in [-0.39, 0.29) is 6.04 Å². The minimum Gasteiger partial charge on any atom is -0.457 e. The van der Waals surface area contributed by atoms with Gasteiger partial charge in [-0.1, -0.05) is 0 Å². The van der Waals surface area contributed by atoms with Gasteiger partial charge in [-0.25, -0.2) is 29.3 Å². The zero-order valence-corrected chi connectivity index (χ0v) is 20.4. The second-order valence-electron chi connectivity index (χ2n) is 9.12. The van der Waals surface area contributed by atoms with Crippen LogP contribution in [0.25, 0.3) is 22.1 Å². The SMILES string of the molecule is Cc1cc(Nc2ncnc3cnc(N[C@@H]4CCNC[C@@H]4F)nc23)ccc1Oc1ccc2c(c1)ncn2C. The number of nitrogens with zero attached hydrogens (tertiary/aromatic N) is 6. The lowest BCUT2D eigenvalue weighted by atomic mass is 10.1. The molecule has 4 heterocycles. The van der Waals surface area contributed by atoms with Crippen LogP contribution in [0.5, 0.6) is 11.5 Å². The standard InChI is InChI=1S/C26H26FN9O/c1-15-9-16(3-6-23(15)37-17-4-5-22-20(10-17)32-14-36(22)2)33-25-24-21(30-13-31-25)12-29-26(35-24)34-19-7-8-28-11-18(19)27/h3-6,9-10,12-14,18-19,28H,7-8,11H2,1-2H3,(H,29,34,35)(H,30,31,33)/t18-,19+/m0/s1. The van der Waals surface area contributed by atoms with Gasteiger partial charge in [0.2, 0.25) is 5.95 Å². The molecule has 1 fully saturated rings. The molecule has 3 aromatic heterocycles. The quantitative estimate of drug-likeness (QED) is 0.315. The number of rotatable bonds is 6. The van der Waals surface area contributed by atoms with Crippen molar-refractivity contribution in [3.8, 4) is 11.5 Å². The van der Waals surface area contributed by atoms with Crippen molar-refractivity contribution in [1.82, 2.24) is 34.8 Å². The number of ether oxygens (including phenoxy) is 1. The second kappa shape index (κ2) is 9.58. The third-order valence-electron chi connectivity index (χ3n) is 6.46. The van der Waals surface area contributed by atoms with Gasteiger partial charge in [0.05, 0.1) is 29.6 Å². The number of nitrogens with one attached hydrogen (secondary N) is 3. The lowest BCUT2D eigenvalue weighted by Crippen LogP contribution is -2.45. The predicted molar refractivity (Wildman–Crippen MR) is 140 cm³/mol. The number of halogens is 1. The van der Waals surface area contributed by atoms with Crippen molar-refractivity contribution >= 4 is 39.5 Å². The summed E-state index contributed by atoms with van der Waals surface area (Å²) < 4.78 is 22.4. The molecule has 0 spiro atoms. The van der Waals surface area contributed by atoms with Gasteiger partial charge >= 0.3 is 0 Å². The summed E-state index contributed by atoms with van der Waals surface area (Å²) in [6.45, 7) is 3.05. The Kier molecular flexibility index (Phi) is 5.97. The normalized spacial score (nSPS) is 17.7. The molecule has 2 atom stereocenters. The molecule has 0 amide bonds. The number of imidazole rings is 1. The topological polar surface area (TPSA) is 115 Å². The molecule has 0 saturated carbocycles. The minimum atomic E-state index is -1.01. The van der Waals surface area contributed by atoms with Crippen LogP contribution in [0.4, 0.5) is 21.8 Å². The van der Waals surface area contributed by atoms with E-state index in [1.807, 2.05) is 54.9 Å². The smallest absolute Gasteiger partial charge is 0.223 e. The molecule has 0 aliphatic carbocycles. The molecule has 11 heteroatoms. The number of fused-ring (bicyclic) bond motifs is 2. The van der Waals surface area contributed by atoms with Gasteiger partial charge in [-0.15, -0.1) is 0 Å². The molecule has 1 saturated heterocycles. The van der Waals surface area contributed by atoms with Gasteiger partial charge in [0.15, 0.2) is 5.82 Å². The highest BCUT2D eigenvalue weighted by atomic mass is 19.1. The van der Waals surface area contributed by atoms with Gasteiger partial charge in [0, 0.05) is 25.3 Å². The van der Waals surface area contributed by atoms with E-state index in [1.165, 1.54) is 6.33 Å². The first kappa shape index (κ1) is 23.0. The van der Waals surface area contributed by atoms with Gasteiger partial charge in [0.1, 0.15) is 35.0 Å². The summed E-state index contributed by atoms with van der Waals surface area (Å²) >= 11 is 0. The molecule has 2 aromatic carbocycles. The average Bonchev–Trinajstić information content (AvgIpc) is 3.27. The highest BCUT2D eigenvalue weighted by Crippen LogP contribution is 2.31. The van der Waals surface area contributed by atoms with E-state index >= 15 is 0 Å². The number of benzene rings is 2. The van der Waals surface area contributed by atoms with Crippen molar-refractivity contribution in [2.45, 2.75) is 25.6 Å². The Hall–Kier alpha value is -4.38.